The lowest BCUT2D eigenvalue weighted by atomic mass is 10.0. The SMILES string of the molecule is CC(C)(C)OC(=O)Cc1ccc2c(c1)CN(C1CCC(=O)NC1=O)C2=O. The molecule has 0 bridgehead atoms. The average Bonchev–Trinajstić information content (AvgIpc) is 2.82. The Morgan fingerprint density at radius 1 is 1.27 bits per heavy atom. The van der Waals surface area contributed by atoms with Crippen molar-refractivity contribution in [1.29, 1.82) is 0 Å². The Kier molecular flexibility index (Phi) is 4.56. The van der Waals surface area contributed by atoms with Crippen LogP contribution in [0, 0.1) is 0 Å². The van der Waals surface area contributed by atoms with Crippen LogP contribution < -0.4 is 5.32 Å². The zero-order chi connectivity index (χ0) is 19.1. The molecule has 26 heavy (non-hydrogen) atoms. The van der Waals surface area contributed by atoms with Crippen molar-refractivity contribution >= 4 is 23.7 Å². The molecule has 1 aromatic rings. The highest BCUT2D eigenvalue weighted by Crippen LogP contribution is 2.28. The van der Waals surface area contributed by atoms with Crippen LogP contribution in [0.2, 0.25) is 0 Å². The molecule has 7 nitrogen and oxygen atoms in total. The molecule has 7 heteroatoms. The Morgan fingerprint density at radius 3 is 2.65 bits per heavy atom. The van der Waals surface area contributed by atoms with Crippen LogP contribution in [0.3, 0.4) is 0 Å². The van der Waals surface area contributed by atoms with Crippen molar-refractivity contribution in [2.45, 2.75) is 58.2 Å². The molecule has 2 heterocycles. The maximum Gasteiger partial charge on any atom is 0.310 e. The van der Waals surface area contributed by atoms with Crippen molar-refractivity contribution in [3.8, 4) is 0 Å². The number of hydrogen-bond acceptors (Lipinski definition) is 5. The van der Waals surface area contributed by atoms with E-state index in [-0.39, 0.29) is 30.6 Å². The molecule has 1 atom stereocenters. The quantitative estimate of drug-likeness (QED) is 0.650. The normalized spacial score (nSPS) is 20.0. The smallest absolute Gasteiger partial charge is 0.310 e. The topological polar surface area (TPSA) is 92.8 Å². The van der Waals surface area contributed by atoms with Gasteiger partial charge < -0.3 is 9.64 Å². The van der Waals surface area contributed by atoms with Crippen molar-refractivity contribution in [2.24, 2.45) is 0 Å². The molecule has 0 saturated carbocycles. The van der Waals surface area contributed by atoms with Gasteiger partial charge in [0, 0.05) is 18.5 Å². The second-order valence-corrected chi connectivity index (χ2v) is 7.65. The predicted octanol–water partition coefficient (Wildman–Crippen LogP) is 1.33. The first-order valence-corrected chi connectivity index (χ1v) is 8.62. The number of fused-ring (bicyclic) bond motifs is 1. The van der Waals surface area contributed by atoms with Crippen molar-refractivity contribution in [2.75, 3.05) is 0 Å². The third-order valence-corrected chi connectivity index (χ3v) is 4.36. The summed E-state index contributed by atoms with van der Waals surface area (Å²) < 4.78 is 5.32. The van der Waals surface area contributed by atoms with E-state index in [1.165, 1.54) is 4.90 Å². The van der Waals surface area contributed by atoms with E-state index in [0.717, 1.165) is 11.1 Å². The Balaban J connectivity index is 1.73. The summed E-state index contributed by atoms with van der Waals surface area (Å²) in [5, 5.41) is 2.28. The molecule has 3 amide bonds. The number of imide groups is 1. The fourth-order valence-corrected chi connectivity index (χ4v) is 3.28. The lowest BCUT2D eigenvalue weighted by Crippen LogP contribution is -2.52. The van der Waals surface area contributed by atoms with Crippen LogP contribution >= 0.6 is 0 Å². The highest BCUT2D eigenvalue weighted by atomic mass is 16.6. The van der Waals surface area contributed by atoms with Gasteiger partial charge in [-0.15, -0.1) is 0 Å². The molecular weight excluding hydrogens is 336 g/mol. The monoisotopic (exact) mass is 358 g/mol. The van der Waals surface area contributed by atoms with Gasteiger partial charge in [0.05, 0.1) is 6.42 Å². The molecule has 0 radical (unpaired) electrons. The molecule has 0 aromatic heterocycles. The number of nitrogens with one attached hydrogen (secondary N) is 1. The molecule has 1 fully saturated rings. The van der Waals surface area contributed by atoms with Gasteiger partial charge >= 0.3 is 5.97 Å². The molecular formula is C19H22N2O5. The standard InChI is InChI=1S/C19H22N2O5/c1-19(2,3)26-16(23)9-11-4-5-13-12(8-11)10-21(18(13)25)14-6-7-15(22)20-17(14)24/h4-5,8,14H,6-7,9-10H2,1-3H3,(H,20,22,24). The zero-order valence-electron chi connectivity index (χ0n) is 15.1. The van der Waals surface area contributed by atoms with Crippen LogP contribution in [0.25, 0.3) is 0 Å². The summed E-state index contributed by atoms with van der Waals surface area (Å²) in [5.74, 6) is -1.30. The minimum atomic E-state index is -0.637. The van der Waals surface area contributed by atoms with E-state index in [4.69, 9.17) is 4.74 Å². The number of hydrogen-bond donors (Lipinski definition) is 1. The summed E-state index contributed by atoms with van der Waals surface area (Å²) in [6.45, 7) is 5.72. The summed E-state index contributed by atoms with van der Waals surface area (Å²) in [4.78, 5) is 49.4. The van der Waals surface area contributed by atoms with Gasteiger partial charge in [-0.1, -0.05) is 12.1 Å². The second-order valence-electron chi connectivity index (χ2n) is 7.65. The number of carbonyl (C=O) groups is 4. The number of piperidine rings is 1. The van der Waals surface area contributed by atoms with Crippen LogP contribution in [-0.4, -0.2) is 40.2 Å². The maximum atomic E-state index is 12.6. The minimum Gasteiger partial charge on any atom is -0.460 e. The summed E-state index contributed by atoms with van der Waals surface area (Å²) >= 11 is 0. The molecule has 0 aliphatic carbocycles. The third-order valence-electron chi connectivity index (χ3n) is 4.36. The summed E-state index contributed by atoms with van der Waals surface area (Å²) in [6.07, 6.45) is 0.673. The van der Waals surface area contributed by atoms with Gasteiger partial charge in [0.25, 0.3) is 5.91 Å². The van der Waals surface area contributed by atoms with E-state index in [9.17, 15) is 19.2 Å². The van der Waals surface area contributed by atoms with E-state index < -0.39 is 17.6 Å². The van der Waals surface area contributed by atoms with E-state index >= 15 is 0 Å². The Labute approximate surface area is 151 Å². The van der Waals surface area contributed by atoms with Gasteiger partial charge in [0.15, 0.2) is 0 Å². The summed E-state index contributed by atoms with van der Waals surface area (Å²) in [6, 6.07) is 4.59. The molecule has 2 aliphatic heterocycles. The molecule has 1 N–H and O–H groups in total. The molecule has 1 unspecified atom stereocenters. The Hall–Kier alpha value is -2.70. The van der Waals surface area contributed by atoms with Gasteiger partial charge in [-0.3, -0.25) is 24.5 Å². The van der Waals surface area contributed by atoms with Crippen molar-refractivity contribution in [1.82, 2.24) is 10.2 Å². The first-order valence-electron chi connectivity index (χ1n) is 8.62. The Bertz CT molecular complexity index is 794. The minimum absolute atomic E-state index is 0.122. The van der Waals surface area contributed by atoms with Gasteiger partial charge in [0.2, 0.25) is 11.8 Å². The first-order chi connectivity index (χ1) is 12.1. The number of nitrogens with zero attached hydrogens (tertiary/aromatic N) is 1. The number of esters is 1. The zero-order valence-corrected chi connectivity index (χ0v) is 15.1. The van der Waals surface area contributed by atoms with Gasteiger partial charge in [0.1, 0.15) is 11.6 Å². The van der Waals surface area contributed by atoms with Crippen LogP contribution in [0.1, 0.15) is 55.1 Å². The summed E-state index contributed by atoms with van der Waals surface area (Å²) in [7, 11) is 0. The number of benzene rings is 1. The molecule has 1 saturated heterocycles. The Morgan fingerprint density at radius 2 is 2.00 bits per heavy atom. The highest BCUT2D eigenvalue weighted by molar-refractivity contribution is 6.05. The van der Waals surface area contributed by atoms with E-state index in [1.807, 2.05) is 26.8 Å². The van der Waals surface area contributed by atoms with E-state index in [1.54, 1.807) is 12.1 Å². The largest absolute Gasteiger partial charge is 0.460 e. The fraction of sp³-hybridized carbons (Fsp3) is 0.474. The molecule has 2 aliphatic rings. The lowest BCUT2D eigenvalue weighted by Gasteiger charge is -2.29. The van der Waals surface area contributed by atoms with Gasteiger partial charge in [-0.2, -0.15) is 0 Å². The molecule has 3 rings (SSSR count). The lowest BCUT2D eigenvalue weighted by molar-refractivity contribution is -0.154. The van der Waals surface area contributed by atoms with Crippen molar-refractivity contribution in [3.05, 3.63) is 34.9 Å². The summed E-state index contributed by atoms with van der Waals surface area (Å²) in [5.41, 5.74) is 1.52. The maximum absolute atomic E-state index is 12.6. The first kappa shape index (κ1) is 18.1. The third kappa shape index (κ3) is 3.76. The number of amides is 3. The predicted molar refractivity (Wildman–Crippen MR) is 92.0 cm³/mol. The average molecular weight is 358 g/mol. The second kappa shape index (κ2) is 6.55. The van der Waals surface area contributed by atoms with Gasteiger partial charge in [-0.05, 0) is 44.4 Å². The molecule has 1 aromatic carbocycles. The van der Waals surface area contributed by atoms with Gasteiger partial charge in [-0.25, -0.2) is 0 Å². The van der Waals surface area contributed by atoms with Crippen LogP contribution in [0.5, 0.6) is 0 Å². The highest BCUT2D eigenvalue weighted by Gasteiger charge is 2.39. The number of rotatable bonds is 3. The number of ether oxygens (including phenoxy) is 1. The van der Waals surface area contributed by atoms with Crippen molar-refractivity contribution < 1.29 is 23.9 Å². The van der Waals surface area contributed by atoms with Crippen LogP contribution in [0.15, 0.2) is 18.2 Å². The number of carbonyl (C=O) groups excluding carboxylic acids is 4. The molecule has 138 valence electrons. The molecule has 0 spiro atoms. The van der Waals surface area contributed by atoms with E-state index in [0.29, 0.717) is 18.5 Å². The van der Waals surface area contributed by atoms with Crippen LogP contribution in [-0.2, 0) is 32.1 Å². The van der Waals surface area contributed by atoms with E-state index in [2.05, 4.69) is 5.32 Å². The van der Waals surface area contributed by atoms with Crippen molar-refractivity contribution in [3.63, 3.8) is 0 Å². The fourth-order valence-electron chi connectivity index (χ4n) is 3.28. The van der Waals surface area contributed by atoms with Crippen LogP contribution in [0.4, 0.5) is 0 Å².